The lowest BCUT2D eigenvalue weighted by Gasteiger charge is -2.10. The number of hydrogen-bond donors (Lipinski definition) is 0. The second-order valence-corrected chi connectivity index (χ2v) is 4.27. The lowest BCUT2D eigenvalue weighted by atomic mass is 10.1. The van der Waals surface area contributed by atoms with Gasteiger partial charge < -0.3 is 14.2 Å². The van der Waals surface area contributed by atoms with Crippen molar-refractivity contribution in [3.05, 3.63) is 29.8 Å². The number of rotatable bonds is 7. The molecule has 0 saturated carbocycles. The first-order valence-corrected chi connectivity index (χ1v) is 7.09. The summed E-state index contributed by atoms with van der Waals surface area (Å²) in [5.41, 5.74) is 0.496. The van der Waals surface area contributed by atoms with Gasteiger partial charge in [0.25, 0.3) is 0 Å². The molecule has 0 heterocycles. The number of methoxy groups -OCH3 is 1. The van der Waals surface area contributed by atoms with E-state index in [1.165, 1.54) is 13.2 Å². The Labute approximate surface area is 134 Å². The maximum Gasteiger partial charge on any atom is 0.340 e. The van der Waals surface area contributed by atoms with Gasteiger partial charge in [0.15, 0.2) is 5.92 Å². The smallest absolute Gasteiger partial charge is 0.340 e. The van der Waals surface area contributed by atoms with Crippen LogP contribution in [0.2, 0.25) is 0 Å². The third kappa shape index (κ3) is 5.21. The highest BCUT2D eigenvalue weighted by Crippen LogP contribution is 2.19. The Bertz CT molecular complexity index is 578. The Balaban J connectivity index is 3.08. The quantitative estimate of drug-likeness (QED) is 0.330. The van der Waals surface area contributed by atoms with Gasteiger partial charge in [0, 0.05) is 6.21 Å². The second kappa shape index (κ2) is 9.34. The molecule has 0 saturated heterocycles. The van der Waals surface area contributed by atoms with Crippen molar-refractivity contribution in [2.75, 3.05) is 20.3 Å². The Kier molecular flexibility index (Phi) is 7.45. The Morgan fingerprint density at radius 3 is 2.17 bits per heavy atom. The van der Waals surface area contributed by atoms with E-state index in [1.54, 1.807) is 32.0 Å². The summed E-state index contributed by atoms with van der Waals surface area (Å²) in [4.78, 5) is 39.4. The van der Waals surface area contributed by atoms with Crippen molar-refractivity contribution in [3.8, 4) is 0 Å². The molecule has 0 fully saturated rings. The number of esters is 3. The SMILES string of the molecule is CCOC(=O)C(C=Nc1ccccc1C(=O)OC)C(=O)OCC. The predicted molar refractivity (Wildman–Crippen MR) is 82.7 cm³/mol. The number of carbonyl (C=O) groups excluding carboxylic acids is 3. The molecule has 0 amide bonds. The molecule has 0 N–H and O–H groups in total. The first-order valence-electron chi connectivity index (χ1n) is 7.09. The molecule has 0 bridgehead atoms. The van der Waals surface area contributed by atoms with Crippen LogP contribution < -0.4 is 0 Å². The van der Waals surface area contributed by atoms with Crippen LogP contribution in [0, 0.1) is 5.92 Å². The van der Waals surface area contributed by atoms with Crippen LogP contribution in [0.4, 0.5) is 5.69 Å². The van der Waals surface area contributed by atoms with E-state index >= 15 is 0 Å². The van der Waals surface area contributed by atoms with E-state index in [2.05, 4.69) is 9.73 Å². The van der Waals surface area contributed by atoms with Crippen molar-refractivity contribution in [2.45, 2.75) is 13.8 Å². The predicted octanol–water partition coefficient (Wildman–Crippen LogP) is 1.92. The van der Waals surface area contributed by atoms with Crippen molar-refractivity contribution < 1.29 is 28.6 Å². The Morgan fingerprint density at radius 2 is 1.65 bits per heavy atom. The molecule has 23 heavy (non-hydrogen) atoms. The number of benzene rings is 1. The van der Waals surface area contributed by atoms with E-state index in [0.717, 1.165) is 6.21 Å². The van der Waals surface area contributed by atoms with E-state index in [1.807, 2.05) is 0 Å². The summed E-state index contributed by atoms with van der Waals surface area (Å²) >= 11 is 0. The zero-order chi connectivity index (χ0) is 17.2. The average Bonchev–Trinajstić information content (AvgIpc) is 2.55. The summed E-state index contributed by atoms with van der Waals surface area (Å²) in [5, 5.41) is 0. The first-order chi connectivity index (χ1) is 11.0. The lowest BCUT2D eigenvalue weighted by Crippen LogP contribution is -2.29. The minimum absolute atomic E-state index is 0.126. The van der Waals surface area contributed by atoms with Gasteiger partial charge in [-0.3, -0.25) is 14.6 Å². The van der Waals surface area contributed by atoms with Crippen LogP contribution in [0.3, 0.4) is 0 Å². The highest BCUT2D eigenvalue weighted by atomic mass is 16.6. The zero-order valence-electron chi connectivity index (χ0n) is 13.3. The molecule has 0 radical (unpaired) electrons. The molecular weight excluding hydrogens is 302 g/mol. The second-order valence-electron chi connectivity index (χ2n) is 4.27. The van der Waals surface area contributed by atoms with E-state index < -0.39 is 23.8 Å². The van der Waals surface area contributed by atoms with E-state index in [9.17, 15) is 14.4 Å². The van der Waals surface area contributed by atoms with Crippen LogP contribution in [0.1, 0.15) is 24.2 Å². The molecule has 7 nitrogen and oxygen atoms in total. The summed E-state index contributed by atoms with van der Waals surface area (Å²) in [7, 11) is 1.25. The number of aliphatic imine (C=N–C) groups is 1. The van der Waals surface area contributed by atoms with Crippen LogP contribution in [0.25, 0.3) is 0 Å². The maximum atomic E-state index is 11.8. The number of ether oxygens (including phenoxy) is 3. The third-order valence-corrected chi connectivity index (χ3v) is 2.75. The van der Waals surface area contributed by atoms with Gasteiger partial charge >= 0.3 is 17.9 Å². The van der Waals surface area contributed by atoms with Crippen molar-refractivity contribution >= 4 is 29.8 Å². The van der Waals surface area contributed by atoms with Gasteiger partial charge in [0.1, 0.15) is 0 Å². The van der Waals surface area contributed by atoms with Gasteiger partial charge in [0.2, 0.25) is 0 Å². The minimum atomic E-state index is -1.29. The fourth-order valence-corrected chi connectivity index (χ4v) is 1.71. The summed E-state index contributed by atoms with van der Waals surface area (Å²) in [6.07, 6.45) is 1.11. The summed E-state index contributed by atoms with van der Waals surface area (Å²) in [6, 6.07) is 6.42. The normalized spacial score (nSPS) is 10.6. The van der Waals surface area contributed by atoms with Gasteiger partial charge in [-0.15, -0.1) is 0 Å². The standard InChI is InChI=1S/C16H19NO6/c1-4-22-15(19)12(16(20)23-5-2)10-17-13-9-7-6-8-11(13)14(18)21-3/h6-10,12H,4-5H2,1-3H3. The molecule has 0 spiro atoms. The van der Waals surface area contributed by atoms with Gasteiger partial charge in [-0.25, -0.2) is 4.79 Å². The molecule has 0 atom stereocenters. The molecule has 0 aliphatic rings. The fraction of sp³-hybridized carbons (Fsp3) is 0.375. The Morgan fingerprint density at radius 1 is 1.09 bits per heavy atom. The minimum Gasteiger partial charge on any atom is -0.465 e. The third-order valence-electron chi connectivity index (χ3n) is 2.75. The highest BCUT2D eigenvalue weighted by Gasteiger charge is 2.28. The molecule has 1 aromatic rings. The molecule has 0 aliphatic heterocycles. The highest BCUT2D eigenvalue weighted by molar-refractivity contribution is 6.09. The number of hydrogen-bond acceptors (Lipinski definition) is 7. The molecule has 0 aliphatic carbocycles. The first kappa shape index (κ1) is 18.3. The van der Waals surface area contributed by atoms with Crippen LogP contribution in [-0.2, 0) is 23.8 Å². The van der Waals surface area contributed by atoms with Crippen LogP contribution in [0.5, 0.6) is 0 Å². The number of nitrogens with zero attached hydrogens (tertiary/aromatic N) is 1. The molecule has 124 valence electrons. The summed E-state index contributed by atoms with van der Waals surface area (Å²) in [5.74, 6) is -3.38. The molecule has 1 aromatic carbocycles. The maximum absolute atomic E-state index is 11.8. The topological polar surface area (TPSA) is 91.3 Å². The monoisotopic (exact) mass is 321 g/mol. The van der Waals surface area contributed by atoms with Crippen molar-refractivity contribution in [1.82, 2.24) is 0 Å². The van der Waals surface area contributed by atoms with Gasteiger partial charge in [-0.2, -0.15) is 0 Å². The van der Waals surface area contributed by atoms with Gasteiger partial charge in [0.05, 0.1) is 31.6 Å². The summed E-state index contributed by atoms with van der Waals surface area (Å²) in [6.45, 7) is 3.51. The largest absolute Gasteiger partial charge is 0.465 e. The van der Waals surface area contributed by atoms with Gasteiger partial charge in [-0.1, -0.05) is 12.1 Å². The van der Waals surface area contributed by atoms with E-state index in [0.29, 0.717) is 0 Å². The average molecular weight is 321 g/mol. The molecule has 7 heteroatoms. The van der Waals surface area contributed by atoms with E-state index in [-0.39, 0.29) is 24.5 Å². The molecule has 1 rings (SSSR count). The molecular formula is C16H19NO6. The fourth-order valence-electron chi connectivity index (χ4n) is 1.71. The van der Waals surface area contributed by atoms with E-state index in [4.69, 9.17) is 9.47 Å². The van der Waals surface area contributed by atoms with Gasteiger partial charge in [-0.05, 0) is 26.0 Å². The molecule has 0 unspecified atom stereocenters. The van der Waals surface area contributed by atoms with Crippen LogP contribution in [0.15, 0.2) is 29.3 Å². The lowest BCUT2D eigenvalue weighted by molar-refractivity contribution is -0.157. The number of carbonyl (C=O) groups is 3. The zero-order valence-corrected chi connectivity index (χ0v) is 13.3. The van der Waals surface area contributed by atoms with Crippen molar-refractivity contribution in [2.24, 2.45) is 10.9 Å². The van der Waals surface area contributed by atoms with Crippen molar-refractivity contribution in [1.29, 1.82) is 0 Å². The Hall–Kier alpha value is -2.70. The van der Waals surface area contributed by atoms with Crippen LogP contribution >= 0.6 is 0 Å². The number of para-hydroxylation sites is 1. The molecule has 0 aromatic heterocycles. The summed E-state index contributed by atoms with van der Waals surface area (Å²) < 4.78 is 14.3. The van der Waals surface area contributed by atoms with Crippen molar-refractivity contribution in [3.63, 3.8) is 0 Å². The van der Waals surface area contributed by atoms with Crippen LogP contribution in [-0.4, -0.2) is 44.4 Å².